The highest BCUT2D eigenvalue weighted by Crippen LogP contribution is 2.36. The number of nitrogens with one attached hydrogen (secondary N) is 1. The van der Waals surface area contributed by atoms with E-state index in [0.29, 0.717) is 10.6 Å². The van der Waals surface area contributed by atoms with Crippen LogP contribution in [-0.4, -0.2) is 23.3 Å². The van der Waals surface area contributed by atoms with Gasteiger partial charge in [-0.25, -0.2) is 4.98 Å². The number of carbonyl (C=O) groups excluding carboxylic acids is 1. The normalized spacial score (nSPS) is 11.5. The van der Waals surface area contributed by atoms with E-state index in [0.717, 1.165) is 50.5 Å². The Bertz CT molecular complexity index is 1470. The van der Waals surface area contributed by atoms with Crippen LogP contribution in [0.15, 0.2) is 77.8 Å². The number of methoxy groups -OCH3 is 1. The fourth-order valence-electron chi connectivity index (χ4n) is 3.99. The predicted octanol–water partition coefficient (Wildman–Crippen LogP) is 7.34. The number of aryl methyl sites for hydroxylation is 3. The summed E-state index contributed by atoms with van der Waals surface area (Å²) in [6.45, 7) is 7.86. The molecule has 0 fully saturated rings. The van der Waals surface area contributed by atoms with E-state index in [1.54, 1.807) is 7.11 Å². The zero-order chi connectivity index (χ0) is 26.5. The smallest absolute Gasteiger partial charge is 0.237 e. The second kappa shape index (κ2) is 11.3. The summed E-state index contributed by atoms with van der Waals surface area (Å²) in [5.74, 6) is 0.608. The van der Waals surface area contributed by atoms with Crippen LogP contribution < -0.4 is 10.1 Å². The van der Waals surface area contributed by atoms with E-state index in [9.17, 15) is 10.1 Å². The Morgan fingerprint density at radius 2 is 1.59 bits per heavy atom. The van der Waals surface area contributed by atoms with Crippen LogP contribution in [0.1, 0.15) is 29.2 Å². The molecule has 1 atom stereocenters. The van der Waals surface area contributed by atoms with Gasteiger partial charge in [-0.15, -0.1) is 0 Å². The molecule has 0 aliphatic carbocycles. The van der Waals surface area contributed by atoms with Crippen LogP contribution in [0, 0.1) is 32.1 Å². The Labute approximate surface area is 222 Å². The van der Waals surface area contributed by atoms with Gasteiger partial charge in [0.1, 0.15) is 16.8 Å². The molecule has 0 saturated heterocycles. The van der Waals surface area contributed by atoms with Crippen LogP contribution >= 0.6 is 11.8 Å². The third-order valence-corrected chi connectivity index (χ3v) is 7.23. The van der Waals surface area contributed by atoms with Crippen molar-refractivity contribution >= 4 is 23.4 Å². The number of pyridine rings is 1. The predicted molar refractivity (Wildman–Crippen MR) is 151 cm³/mol. The molecule has 1 N–H and O–H groups in total. The molecule has 186 valence electrons. The number of amides is 1. The summed E-state index contributed by atoms with van der Waals surface area (Å²) in [6, 6.07) is 25.9. The first-order valence-corrected chi connectivity index (χ1v) is 12.9. The molecular formula is C31H29N3O2S. The Kier molecular flexibility index (Phi) is 7.95. The van der Waals surface area contributed by atoms with E-state index in [2.05, 4.69) is 11.4 Å². The Hall–Kier alpha value is -4.08. The Morgan fingerprint density at radius 1 is 0.946 bits per heavy atom. The molecule has 1 amide bonds. The van der Waals surface area contributed by atoms with Crippen LogP contribution in [0.5, 0.6) is 5.75 Å². The van der Waals surface area contributed by atoms with Crippen LogP contribution in [0.4, 0.5) is 5.69 Å². The number of benzene rings is 3. The van der Waals surface area contributed by atoms with Crippen LogP contribution in [0.3, 0.4) is 0 Å². The first-order chi connectivity index (χ1) is 17.8. The molecule has 0 saturated carbocycles. The van der Waals surface area contributed by atoms with Gasteiger partial charge in [0.05, 0.1) is 23.6 Å². The summed E-state index contributed by atoms with van der Waals surface area (Å²) < 4.78 is 5.30. The molecule has 0 aliphatic heterocycles. The van der Waals surface area contributed by atoms with Crippen molar-refractivity contribution in [3.8, 4) is 34.2 Å². The zero-order valence-electron chi connectivity index (χ0n) is 21.6. The highest BCUT2D eigenvalue weighted by molar-refractivity contribution is 8.00. The van der Waals surface area contributed by atoms with Crippen molar-refractivity contribution in [3.63, 3.8) is 0 Å². The first-order valence-electron chi connectivity index (χ1n) is 12.0. The quantitative estimate of drug-likeness (QED) is 0.265. The van der Waals surface area contributed by atoms with E-state index < -0.39 is 5.25 Å². The maximum absolute atomic E-state index is 13.1. The molecule has 1 heterocycles. The van der Waals surface area contributed by atoms with Crippen molar-refractivity contribution in [2.24, 2.45) is 0 Å². The summed E-state index contributed by atoms with van der Waals surface area (Å²) >= 11 is 1.29. The SMILES string of the molecule is COc1ccc(-c2cc(-c3ccc(C)cc3)c(C#N)c(SC(C)C(=O)Nc3ccc(C)cc3C)n2)cc1. The number of nitrogens with zero attached hydrogens (tertiary/aromatic N) is 2. The largest absolute Gasteiger partial charge is 0.497 e. The minimum absolute atomic E-state index is 0.144. The second-order valence-electron chi connectivity index (χ2n) is 9.01. The van der Waals surface area contributed by atoms with E-state index in [-0.39, 0.29) is 5.91 Å². The van der Waals surface area contributed by atoms with E-state index in [4.69, 9.17) is 9.72 Å². The highest BCUT2D eigenvalue weighted by Gasteiger charge is 2.22. The van der Waals surface area contributed by atoms with Crippen molar-refractivity contribution < 1.29 is 9.53 Å². The summed E-state index contributed by atoms with van der Waals surface area (Å²) in [7, 11) is 1.63. The number of nitriles is 1. The minimum Gasteiger partial charge on any atom is -0.497 e. The highest BCUT2D eigenvalue weighted by atomic mass is 32.2. The Morgan fingerprint density at radius 3 is 2.22 bits per heavy atom. The Balaban J connectivity index is 1.73. The summed E-state index contributed by atoms with van der Waals surface area (Å²) in [6.07, 6.45) is 0. The summed E-state index contributed by atoms with van der Waals surface area (Å²) in [4.78, 5) is 18.0. The van der Waals surface area contributed by atoms with E-state index in [1.165, 1.54) is 11.8 Å². The van der Waals surface area contributed by atoms with Gasteiger partial charge in [0.2, 0.25) is 5.91 Å². The monoisotopic (exact) mass is 507 g/mol. The standard InChI is InChI=1S/C31H29N3O2S/c1-19-6-9-23(10-7-19)26-17-29(24-11-13-25(36-5)14-12-24)34-31(27(26)18-32)37-22(4)30(35)33-28-15-8-20(2)16-21(28)3/h6-17,22H,1-5H3,(H,33,35). The lowest BCUT2D eigenvalue weighted by atomic mass is 9.98. The van der Waals surface area contributed by atoms with E-state index >= 15 is 0 Å². The third kappa shape index (κ3) is 6.02. The first kappa shape index (κ1) is 26.0. The van der Waals surface area contributed by atoms with Gasteiger partial charge in [-0.05, 0) is 75.2 Å². The average Bonchev–Trinajstić information content (AvgIpc) is 2.90. The summed E-state index contributed by atoms with van der Waals surface area (Å²) in [5.41, 5.74) is 7.85. The van der Waals surface area contributed by atoms with Gasteiger partial charge in [0, 0.05) is 16.8 Å². The van der Waals surface area contributed by atoms with Gasteiger partial charge in [-0.1, -0.05) is 59.3 Å². The molecule has 0 aliphatic rings. The number of hydrogen-bond donors (Lipinski definition) is 1. The minimum atomic E-state index is -0.475. The molecule has 3 aromatic carbocycles. The van der Waals surface area contributed by atoms with Gasteiger partial charge in [-0.2, -0.15) is 5.26 Å². The maximum atomic E-state index is 13.1. The molecule has 4 aromatic rings. The van der Waals surface area contributed by atoms with Gasteiger partial charge < -0.3 is 10.1 Å². The molecule has 0 bridgehead atoms. The van der Waals surface area contributed by atoms with Gasteiger partial charge in [-0.3, -0.25) is 4.79 Å². The number of hydrogen-bond acceptors (Lipinski definition) is 5. The van der Waals surface area contributed by atoms with Crippen molar-refractivity contribution in [2.45, 2.75) is 38.0 Å². The molecule has 1 unspecified atom stereocenters. The zero-order valence-corrected chi connectivity index (χ0v) is 22.4. The maximum Gasteiger partial charge on any atom is 0.237 e. The topological polar surface area (TPSA) is 75.0 Å². The van der Waals surface area contributed by atoms with Gasteiger partial charge in [0.25, 0.3) is 0 Å². The number of thioether (sulfide) groups is 1. The van der Waals surface area contributed by atoms with Crippen molar-refractivity contribution in [1.82, 2.24) is 4.98 Å². The third-order valence-electron chi connectivity index (χ3n) is 6.14. The van der Waals surface area contributed by atoms with Gasteiger partial charge >= 0.3 is 0 Å². The molecular weight excluding hydrogens is 478 g/mol. The molecule has 4 rings (SSSR count). The molecule has 0 spiro atoms. The summed E-state index contributed by atoms with van der Waals surface area (Å²) in [5, 5.41) is 13.2. The number of carbonyl (C=O) groups is 1. The number of ether oxygens (including phenoxy) is 1. The van der Waals surface area contributed by atoms with Crippen molar-refractivity contribution in [3.05, 3.63) is 95.1 Å². The molecule has 1 aromatic heterocycles. The van der Waals surface area contributed by atoms with E-state index in [1.807, 2.05) is 100 Å². The fraction of sp³-hybridized carbons (Fsp3) is 0.194. The number of anilines is 1. The molecule has 0 radical (unpaired) electrons. The number of aromatic nitrogens is 1. The average molecular weight is 508 g/mol. The van der Waals surface area contributed by atoms with Crippen LogP contribution in [0.2, 0.25) is 0 Å². The fourth-order valence-corrected chi connectivity index (χ4v) is 4.92. The lowest BCUT2D eigenvalue weighted by Gasteiger charge is -2.17. The number of rotatable bonds is 7. The lowest BCUT2D eigenvalue weighted by Crippen LogP contribution is -2.23. The molecule has 6 heteroatoms. The lowest BCUT2D eigenvalue weighted by molar-refractivity contribution is -0.115. The van der Waals surface area contributed by atoms with Gasteiger partial charge in [0.15, 0.2) is 0 Å². The van der Waals surface area contributed by atoms with Crippen LogP contribution in [0.25, 0.3) is 22.4 Å². The second-order valence-corrected chi connectivity index (χ2v) is 10.3. The molecule has 5 nitrogen and oxygen atoms in total. The molecule has 37 heavy (non-hydrogen) atoms. The van der Waals surface area contributed by atoms with Crippen LogP contribution in [-0.2, 0) is 4.79 Å². The van der Waals surface area contributed by atoms with Crippen molar-refractivity contribution in [1.29, 1.82) is 5.26 Å². The van der Waals surface area contributed by atoms with Crippen molar-refractivity contribution in [2.75, 3.05) is 12.4 Å².